The Hall–Kier alpha value is -2.57. The number of ether oxygens (including phenoxy) is 1. The van der Waals surface area contributed by atoms with Gasteiger partial charge in [-0.1, -0.05) is 18.2 Å². The van der Waals surface area contributed by atoms with Crippen LogP contribution in [0.25, 0.3) is 0 Å². The molecule has 0 aliphatic heterocycles. The predicted molar refractivity (Wildman–Crippen MR) is 94.2 cm³/mol. The zero-order valence-electron chi connectivity index (χ0n) is 14.5. The van der Waals surface area contributed by atoms with Crippen LogP contribution in [0.4, 0.5) is 4.79 Å². The lowest BCUT2D eigenvalue weighted by Gasteiger charge is -2.18. The lowest BCUT2D eigenvalue weighted by Crippen LogP contribution is -2.42. The highest BCUT2D eigenvalue weighted by Crippen LogP contribution is 2.26. The third kappa shape index (κ3) is 5.20. The van der Waals surface area contributed by atoms with E-state index in [2.05, 4.69) is 20.8 Å². The SMILES string of the molecule is C[C@H](Cn1cnnc1)NC(=O)NCc1ccccc1OC1CCCC1. The van der Waals surface area contributed by atoms with Crippen LogP contribution in [0.1, 0.15) is 38.2 Å². The molecule has 1 fully saturated rings. The molecule has 1 aromatic heterocycles. The molecule has 1 aromatic carbocycles. The minimum atomic E-state index is -0.198. The molecule has 1 heterocycles. The fourth-order valence-corrected chi connectivity index (χ4v) is 3.08. The maximum atomic E-state index is 12.1. The van der Waals surface area contributed by atoms with Gasteiger partial charge in [0.05, 0.1) is 6.10 Å². The van der Waals surface area contributed by atoms with Gasteiger partial charge in [-0.05, 0) is 38.7 Å². The molecule has 3 rings (SSSR count). The van der Waals surface area contributed by atoms with Crippen LogP contribution in [0.3, 0.4) is 0 Å². The number of benzene rings is 1. The van der Waals surface area contributed by atoms with Crippen LogP contribution in [0.15, 0.2) is 36.9 Å². The van der Waals surface area contributed by atoms with Crippen LogP contribution in [-0.4, -0.2) is 32.9 Å². The molecule has 0 bridgehead atoms. The largest absolute Gasteiger partial charge is 0.490 e. The summed E-state index contributed by atoms with van der Waals surface area (Å²) in [6, 6.07) is 7.67. The number of hydrogen-bond donors (Lipinski definition) is 2. The summed E-state index contributed by atoms with van der Waals surface area (Å²) in [4.78, 5) is 12.1. The van der Waals surface area contributed by atoms with Gasteiger partial charge in [0, 0.05) is 24.7 Å². The monoisotopic (exact) mass is 343 g/mol. The van der Waals surface area contributed by atoms with Gasteiger partial charge >= 0.3 is 6.03 Å². The summed E-state index contributed by atoms with van der Waals surface area (Å²) in [5.74, 6) is 0.868. The van der Waals surface area contributed by atoms with Crippen LogP contribution in [0.5, 0.6) is 5.75 Å². The Kier molecular flexibility index (Phi) is 5.87. The molecular weight excluding hydrogens is 318 g/mol. The number of carbonyl (C=O) groups is 1. The number of urea groups is 1. The van der Waals surface area contributed by atoms with Gasteiger partial charge in [-0.3, -0.25) is 0 Å². The lowest BCUT2D eigenvalue weighted by molar-refractivity contribution is 0.207. The maximum Gasteiger partial charge on any atom is 0.315 e. The molecule has 1 aliphatic carbocycles. The van der Waals surface area contributed by atoms with Gasteiger partial charge in [0.15, 0.2) is 0 Å². The second-order valence-electron chi connectivity index (χ2n) is 6.52. The Bertz CT molecular complexity index is 668. The van der Waals surface area contributed by atoms with Crippen molar-refractivity contribution in [2.75, 3.05) is 0 Å². The van der Waals surface area contributed by atoms with Crippen molar-refractivity contribution in [1.82, 2.24) is 25.4 Å². The molecule has 0 saturated heterocycles. The van der Waals surface area contributed by atoms with Crippen molar-refractivity contribution in [2.45, 2.75) is 57.8 Å². The van der Waals surface area contributed by atoms with Crippen molar-refractivity contribution in [1.29, 1.82) is 0 Å². The standard InChI is InChI=1S/C18H25N5O2/c1-14(11-23-12-20-21-13-23)22-18(24)19-10-15-6-2-5-9-17(15)25-16-7-3-4-8-16/h2,5-6,9,12-14,16H,3-4,7-8,10-11H2,1H3,(H2,19,22,24)/t14-/m1/s1. The third-order valence-electron chi connectivity index (χ3n) is 4.34. The van der Waals surface area contributed by atoms with Crippen molar-refractivity contribution in [3.8, 4) is 5.75 Å². The van der Waals surface area contributed by atoms with E-state index in [9.17, 15) is 4.79 Å². The van der Waals surface area contributed by atoms with Crippen molar-refractivity contribution in [2.24, 2.45) is 0 Å². The Morgan fingerprint density at radius 2 is 2.00 bits per heavy atom. The number of amides is 2. The van der Waals surface area contributed by atoms with E-state index in [1.807, 2.05) is 35.8 Å². The summed E-state index contributed by atoms with van der Waals surface area (Å²) in [5, 5.41) is 13.3. The lowest BCUT2D eigenvalue weighted by atomic mass is 10.2. The fraction of sp³-hybridized carbons (Fsp3) is 0.500. The van der Waals surface area contributed by atoms with Crippen LogP contribution in [-0.2, 0) is 13.1 Å². The van der Waals surface area contributed by atoms with E-state index in [4.69, 9.17) is 4.74 Å². The zero-order chi connectivity index (χ0) is 17.5. The smallest absolute Gasteiger partial charge is 0.315 e. The molecule has 1 saturated carbocycles. The number of aromatic nitrogens is 3. The van der Waals surface area contributed by atoms with E-state index >= 15 is 0 Å². The molecule has 2 aromatic rings. The molecule has 25 heavy (non-hydrogen) atoms. The van der Waals surface area contributed by atoms with Gasteiger partial charge in [0.25, 0.3) is 0 Å². The minimum Gasteiger partial charge on any atom is -0.490 e. The summed E-state index contributed by atoms with van der Waals surface area (Å²) in [6.45, 7) is 3.01. The molecule has 1 aliphatic rings. The normalized spacial score (nSPS) is 15.7. The van der Waals surface area contributed by atoms with Gasteiger partial charge in [-0.25, -0.2) is 4.79 Å². The average Bonchev–Trinajstić information content (AvgIpc) is 3.28. The first-order valence-corrected chi connectivity index (χ1v) is 8.82. The summed E-state index contributed by atoms with van der Waals surface area (Å²) in [7, 11) is 0. The predicted octanol–water partition coefficient (Wildman–Crippen LogP) is 2.49. The number of nitrogens with zero attached hydrogens (tertiary/aromatic N) is 3. The summed E-state index contributed by atoms with van der Waals surface area (Å²) >= 11 is 0. The number of nitrogens with one attached hydrogen (secondary N) is 2. The molecule has 0 spiro atoms. The maximum absolute atomic E-state index is 12.1. The van der Waals surface area contributed by atoms with Gasteiger partial charge in [0.1, 0.15) is 18.4 Å². The second kappa shape index (κ2) is 8.50. The molecule has 0 unspecified atom stereocenters. The quantitative estimate of drug-likeness (QED) is 0.809. The highest BCUT2D eigenvalue weighted by Gasteiger charge is 2.18. The summed E-state index contributed by atoms with van der Waals surface area (Å²) < 4.78 is 7.93. The Balaban J connectivity index is 1.48. The first kappa shape index (κ1) is 17.3. The molecule has 0 radical (unpaired) electrons. The molecular formula is C18H25N5O2. The van der Waals surface area contributed by atoms with Crippen LogP contribution >= 0.6 is 0 Å². The zero-order valence-corrected chi connectivity index (χ0v) is 14.5. The van der Waals surface area contributed by atoms with E-state index < -0.39 is 0 Å². The van der Waals surface area contributed by atoms with Crippen LogP contribution in [0, 0.1) is 0 Å². The van der Waals surface area contributed by atoms with E-state index in [-0.39, 0.29) is 12.1 Å². The molecule has 1 atom stereocenters. The average molecular weight is 343 g/mol. The Labute approximate surface area is 147 Å². The molecule has 7 nitrogen and oxygen atoms in total. The highest BCUT2D eigenvalue weighted by molar-refractivity contribution is 5.74. The Morgan fingerprint density at radius 1 is 1.28 bits per heavy atom. The minimum absolute atomic E-state index is 0.0269. The molecule has 2 amide bonds. The summed E-state index contributed by atoms with van der Waals surface area (Å²) in [6.07, 6.45) is 8.26. The van der Waals surface area contributed by atoms with Gasteiger partial charge in [-0.2, -0.15) is 0 Å². The first-order valence-electron chi connectivity index (χ1n) is 8.82. The summed E-state index contributed by atoms with van der Waals surface area (Å²) in [5.41, 5.74) is 0.996. The molecule has 7 heteroatoms. The number of rotatable bonds is 7. The molecule has 2 N–H and O–H groups in total. The second-order valence-corrected chi connectivity index (χ2v) is 6.52. The fourth-order valence-electron chi connectivity index (χ4n) is 3.08. The van der Waals surface area contributed by atoms with Gasteiger partial charge < -0.3 is 19.9 Å². The van der Waals surface area contributed by atoms with Crippen LogP contribution in [0.2, 0.25) is 0 Å². The van der Waals surface area contributed by atoms with Crippen molar-refractivity contribution < 1.29 is 9.53 Å². The van der Waals surface area contributed by atoms with Gasteiger partial charge in [0.2, 0.25) is 0 Å². The number of carbonyl (C=O) groups excluding carboxylic acids is 1. The van der Waals surface area contributed by atoms with Crippen molar-refractivity contribution in [3.63, 3.8) is 0 Å². The topological polar surface area (TPSA) is 81.1 Å². The van der Waals surface area contributed by atoms with Crippen LogP contribution < -0.4 is 15.4 Å². The first-order chi connectivity index (χ1) is 12.2. The number of para-hydroxylation sites is 1. The molecule has 134 valence electrons. The van der Waals surface area contributed by atoms with E-state index in [1.165, 1.54) is 12.8 Å². The third-order valence-corrected chi connectivity index (χ3v) is 4.34. The van der Waals surface area contributed by atoms with E-state index in [0.717, 1.165) is 24.2 Å². The van der Waals surface area contributed by atoms with E-state index in [0.29, 0.717) is 19.2 Å². The number of hydrogen-bond acceptors (Lipinski definition) is 4. The van der Waals surface area contributed by atoms with E-state index in [1.54, 1.807) is 12.7 Å². The van der Waals surface area contributed by atoms with Crippen molar-refractivity contribution in [3.05, 3.63) is 42.5 Å². The highest BCUT2D eigenvalue weighted by atomic mass is 16.5. The van der Waals surface area contributed by atoms with Gasteiger partial charge in [-0.15, -0.1) is 10.2 Å². The van der Waals surface area contributed by atoms with Crippen molar-refractivity contribution >= 4 is 6.03 Å². The Morgan fingerprint density at radius 3 is 2.76 bits per heavy atom.